The lowest BCUT2D eigenvalue weighted by atomic mass is 10.5. The van der Waals surface area contributed by atoms with E-state index < -0.39 is 5.91 Å². The van der Waals surface area contributed by atoms with Gasteiger partial charge in [0.25, 0.3) is 0 Å². The molecule has 1 heterocycles. The first-order valence-electron chi connectivity index (χ1n) is 2.12. The first-order valence-corrected chi connectivity index (χ1v) is 2.86. The SMILES string of the molecule is O=S=C1N=CC=NC1=O. The summed E-state index contributed by atoms with van der Waals surface area (Å²) >= 11 is 0.0593. The molecule has 1 aliphatic rings. The minimum Gasteiger partial charge on any atom is -0.264 e. The van der Waals surface area contributed by atoms with Crippen molar-refractivity contribution in [1.82, 2.24) is 0 Å². The third-order valence-electron chi connectivity index (χ3n) is 0.712. The van der Waals surface area contributed by atoms with E-state index >= 15 is 0 Å². The highest BCUT2D eigenvalue weighted by atomic mass is 32.1. The second-order valence-corrected chi connectivity index (χ2v) is 1.80. The summed E-state index contributed by atoms with van der Waals surface area (Å²) in [7, 11) is 0. The monoisotopic (exact) mass is 142 g/mol. The first kappa shape index (κ1) is 6.03. The lowest BCUT2D eigenvalue weighted by Crippen LogP contribution is -2.12. The van der Waals surface area contributed by atoms with Gasteiger partial charge in [0, 0.05) is 12.4 Å². The third kappa shape index (κ3) is 1.17. The van der Waals surface area contributed by atoms with Gasteiger partial charge >= 0.3 is 5.91 Å². The van der Waals surface area contributed by atoms with E-state index in [1.807, 2.05) is 0 Å². The average Bonchev–Trinajstić information content (AvgIpc) is 1.89. The van der Waals surface area contributed by atoms with Crippen molar-refractivity contribution < 1.29 is 9.00 Å². The summed E-state index contributed by atoms with van der Waals surface area (Å²) in [6.07, 6.45) is 2.56. The Morgan fingerprint density at radius 2 is 2.00 bits per heavy atom. The average molecular weight is 142 g/mol. The second-order valence-electron chi connectivity index (χ2n) is 1.25. The normalized spacial score (nSPS) is 16.4. The topological polar surface area (TPSA) is 58.9 Å². The van der Waals surface area contributed by atoms with Crippen LogP contribution < -0.4 is 0 Å². The number of carbonyl (C=O) groups excluding carboxylic acids is 1. The van der Waals surface area contributed by atoms with Crippen LogP contribution in [0.1, 0.15) is 0 Å². The molecule has 0 saturated heterocycles. The van der Waals surface area contributed by atoms with Gasteiger partial charge in [0.05, 0.1) is 0 Å². The van der Waals surface area contributed by atoms with E-state index in [1.165, 1.54) is 12.4 Å². The van der Waals surface area contributed by atoms with Crippen molar-refractivity contribution in [3.63, 3.8) is 0 Å². The zero-order valence-electron chi connectivity index (χ0n) is 4.27. The lowest BCUT2D eigenvalue weighted by molar-refractivity contribution is -0.111. The predicted octanol–water partition coefficient (Wildman–Crippen LogP) is -0.989. The van der Waals surface area contributed by atoms with E-state index in [4.69, 9.17) is 0 Å². The minimum atomic E-state index is -0.558. The highest BCUT2D eigenvalue weighted by Gasteiger charge is 2.07. The maximum absolute atomic E-state index is 10.5. The fourth-order valence-electron chi connectivity index (χ4n) is 0.370. The van der Waals surface area contributed by atoms with Crippen molar-refractivity contribution >= 4 is 34.6 Å². The van der Waals surface area contributed by atoms with Crippen LogP contribution in [0.5, 0.6) is 0 Å². The molecule has 0 fully saturated rings. The molecule has 0 aromatic carbocycles. The molecule has 0 aromatic heterocycles. The largest absolute Gasteiger partial charge is 0.309 e. The van der Waals surface area contributed by atoms with Gasteiger partial charge in [0.2, 0.25) is 4.99 Å². The summed E-state index contributed by atoms with van der Waals surface area (Å²) in [6.45, 7) is 0. The molecule has 1 rings (SSSR count). The van der Waals surface area contributed by atoms with Gasteiger partial charge in [-0.2, -0.15) is 0 Å². The summed E-state index contributed by atoms with van der Waals surface area (Å²) in [5, 5.41) is 0. The Labute approximate surface area is 54.4 Å². The van der Waals surface area contributed by atoms with Gasteiger partial charge in [-0.25, -0.2) is 14.2 Å². The number of hydrogen-bond acceptors (Lipinski definition) is 2. The van der Waals surface area contributed by atoms with Crippen LogP contribution in [-0.4, -0.2) is 27.5 Å². The maximum Gasteiger partial charge on any atom is 0.309 e. The Morgan fingerprint density at radius 1 is 1.33 bits per heavy atom. The molecule has 0 radical (unpaired) electrons. The Morgan fingerprint density at radius 3 is 2.44 bits per heavy atom. The standard InChI is InChI=1S/C4H2N2O2S/c7-3-4(9-8)6-2-1-5-3/h1-2H. The Balaban J connectivity index is 3.04. The van der Waals surface area contributed by atoms with Crippen LogP contribution in [-0.2, 0) is 16.1 Å². The Hall–Kier alpha value is -1.10. The summed E-state index contributed by atoms with van der Waals surface area (Å²) in [4.78, 5) is 17.1. The van der Waals surface area contributed by atoms with Crippen molar-refractivity contribution in [1.29, 1.82) is 0 Å². The smallest absolute Gasteiger partial charge is 0.264 e. The number of rotatable bonds is 0. The van der Waals surface area contributed by atoms with Gasteiger partial charge < -0.3 is 0 Å². The number of aliphatic imine (C=N–C) groups is 2. The van der Waals surface area contributed by atoms with Gasteiger partial charge in [-0.3, -0.25) is 4.79 Å². The highest BCUT2D eigenvalue weighted by molar-refractivity contribution is 7.68. The molecule has 1 aliphatic heterocycles. The van der Waals surface area contributed by atoms with Crippen LogP contribution in [0.25, 0.3) is 0 Å². The van der Waals surface area contributed by atoms with Crippen LogP contribution in [0, 0.1) is 0 Å². The van der Waals surface area contributed by atoms with E-state index in [2.05, 4.69) is 9.98 Å². The molecule has 9 heavy (non-hydrogen) atoms. The molecule has 0 aromatic rings. The fourth-order valence-corrected chi connectivity index (χ4v) is 0.598. The van der Waals surface area contributed by atoms with Gasteiger partial charge in [-0.15, -0.1) is 0 Å². The number of amides is 1. The molecule has 0 saturated carbocycles. The summed E-state index contributed by atoms with van der Waals surface area (Å²) in [5.74, 6) is -0.558. The number of hydrogen-bond donors (Lipinski definition) is 0. The first-order chi connectivity index (χ1) is 4.34. The summed E-state index contributed by atoms with van der Waals surface area (Å²) in [5.41, 5.74) is 0. The number of carbonyl (C=O) groups is 1. The molecule has 0 spiro atoms. The predicted molar refractivity (Wildman–Crippen MR) is 35.1 cm³/mol. The van der Waals surface area contributed by atoms with Crippen molar-refractivity contribution in [3.05, 3.63) is 0 Å². The third-order valence-corrected chi connectivity index (χ3v) is 1.15. The molecule has 0 unspecified atom stereocenters. The van der Waals surface area contributed by atoms with Crippen LogP contribution in [0.15, 0.2) is 9.98 Å². The van der Waals surface area contributed by atoms with E-state index in [1.54, 1.807) is 0 Å². The van der Waals surface area contributed by atoms with Gasteiger partial charge in [-0.05, 0) is 0 Å². The van der Waals surface area contributed by atoms with Crippen molar-refractivity contribution in [2.24, 2.45) is 9.98 Å². The maximum atomic E-state index is 10.5. The summed E-state index contributed by atoms with van der Waals surface area (Å²) < 4.78 is 9.97. The molecule has 1 amide bonds. The van der Waals surface area contributed by atoms with Crippen LogP contribution in [0.2, 0.25) is 0 Å². The molecule has 0 atom stereocenters. The zero-order valence-corrected chi connectivity index (χ0v) is 5.09. The molecule has 0 aliphatic carbocycles. The second kappa shape index (κ2) is 2.45. The van der Waals surface area contributed by atoms with Crippen molar-refractivity contribution in [2.45, 2.75) is 0 Å². The van der Waals surface area contributed by atoms with Crippen molar-refractivity contribution in [3.8, 4) is 0 Å². The zero-order chi connectivity index (χ0) is 6.69. The summed E-state index contributed by atoms with van der Waals surface area (Å²) in [6, 6.07) is 0. The van der Waals surface area contributed by atoms with Crippen molar-refractivity contribution in [2.75, 3.05) is 0 Å². The molecule has 46 valence electrons. The van der Waals surface area contributed by atoms with Gasteiger partial charge in [0.1, 0.15) is 11.3 Å². The quantitative estimate of drug-likeness (QED) is 0.408. The molecule has 0 bridgehead atoms. The van der Waals surface area contributed by atoms with Crippen LogP contribution in [0.3, 0.4) is 0 Å². The van der Waals surface area contributed by atoms with Crippen LogP contribution in [0.4, 0.5) is 0 Å². The highest BCUT2D eigenvalue weighted by Crippen LogP contribution is 1.84. The number of nitrogens with zero attached hydrogens (tertiary/aromatic N) is 2. The Kier molecular flexibility index (Phi) is 1.64. The fraction of sp³-hybridized carbons (Fsp3) is 0. The molecule has 4 nitrogen and oxygen atoms in total. The van der Waals surface area contributed by atoms with E-state index in [-0.39, 0.29) is 16.2 Å². The Bertz CT molecular complexity index is 249. The van der Waals surface area contributed by atoms with E-state index in [9.17, 15) is 9.00 Å². The molecular formula is C4H2N2O2S. The van der Waals surface area contributed by atoms with E-state index in [0.29, 0.717) is 0 Å². The van der Waals surface area contributed by atoms with Gasteiger partial charge in [-0.1, -0.05) is 0 Å². The van der Waals surface area contributed by atoms with E-state index in [0.717, 1.165) is 0 Å². The lowest BCUT2D eigenvalue weighted by Gasteiger charge is -1.90. The van der Waals surface area contributed by atoms with Gasteiger partial charge in [0.15, 0.2) is 0 Å². The molecule has 5 heteroatoms. The van der Waals surface area contributed by atoms with Crippen LogP contribution >= 0.6 is 0 Å². The molecular weight excluding hydrogens is 140 g/mol. The minimum absolute atomic E-state index is 0.0593. The molecule has 0 N–H and O–H groups in total.